The zero-order valence-electron chi connectivity index (χ0n) is 11.1. The standard InChI is InChI=1S/C16H24O/c1-3-5-14-6-8-15(9-7-14)16(17)11-10-13(4-2)12-16/h6-9,13,17H,3-5,10-12H2,1-2H3. The Morgan fingerprint density at radius 2 is 1.94 bits per heavy atom. The molecule has 1 N–H and O–H groups in total. The summed E-state index contributed by atoms with van der Waals surface area (Å²) in [5.41, 5.74) is 1.95. The maximum atomic E-state index is 10.7. The summed E-state index contributed by atoms with van der Waals surface area (Å²) in [6, 6.07) is 8.61. The van der Waals surface area contributed by atoms with E-state index in [4.69, 9.17) is 0 Å². The lowest BCUT2D eigenvalue weighted by atomic mass is 9.90. The average molecular weight is 232 g/mol. The lowest BCUT2D eigenvalue weighted by Gasteiger charge is -2.23. The monoisotopic (exact) mass is 232 g/mol. The van der Waals surface area contributed by atoms with Gasteiger partial charge in [-0.3, -0.25) is 0 Å². The van der Waals surface area contributed by atoms with Gasteiger partial charge in [-0.15, -0.1) is 0 Å². The van der Waals surface area contributed by atoms with Crippen LogP contribution in [-0.2, 0) is 12.0 Å². The molecule has 1 heteroatoms. The molecule has 1 aliphatic rings. The Hall–Kier alpha value is -0.820. The van der Waals surface area contributed by atoms with Crippen LogP contribution in [0.25, 0.3) is 0 Å². The SMILES string of the molecule is CCCc1ccc(C2(O)CCC(CC)C2)cc1. The van der Waals surface area contributed by atoms with Gasteiger partial charge in [0.1, 0.15) is 0 Å². The van der Waals surface area contributed by atoms with Crippen LogP contribution in [0.5, 0.6) is 0 Å². The van der Waals surface area contributed by atoms with Gasteiger partial charge < -0.3 is 5.11 Å². The van der Waals surface area contributed by atoms with E-state index in [-0.39, 0.29) is 0 Å². The quantitative estimate of drug-likeness (QED) is 0.830. The summed E-state index contributed by atoms with van der Waals surface area (Å²) in [7, 11) is 0. The summed E-state index contributed by atoms with van der Waals surface area (Å²) in [5.74, 6) is 0.704. The average Bonchev–Trinajstić information content (AvgIpc) is 2.74. The molecule has 1 saturated carbocycles. The molecule has 94 valence electrons. The van der Waals surface area contributed by atoms with Crippen LogP contribution in [0.3, 0.4) is 0 Å². The number of rotatable bonds is 4. The zero-order chi connectivity index (χ0) is 12.3. The third-order valence-electron chi connectivity index (χ3n) is 4.20. The molecule has 1 aromatic carbocycles. The highest BCUT2D eigenvalue weighted by molar-refractivity contribution is 5.28. The van der Waals surface area contributed by atoms with Crippen molar-refractivity contribution in [1.29, 1.82) is 0 Å². The minimum Gasteiger partial charge on any atom is -0.385 e. The molecule has 0 radical (unpaired) electrons. The van der Waals surface area contributed by atoms with Crippen LogP contribution in [0.1, 0.15) is 57.1 Å². The fourth-order valence-electron chi connectivity index (χ4n) is 3.01. The Kier molecular flexibility index (Phi) is 3.88. The second-order valence-corrected chi connectivity index (χ2v) is 5.50. The molecule has 0 spiro atoms. The van der Waals surface area contributed by atoms with Gasteiger partial charge in [-0.25, -0.2) is 0 Å². The first kappa shape index (κ1) is 12.6. The van der Waals surface area contributed by atoms with Gasteiger partial charge in [0.05, 0.1) is 5.60 Å². The van der Waals surface area contributed by atoms with Gasteiger partial charge in [-0.05, 0) is 42.7 Å². The van der Waals surface area contributed by atoms with Crippen molar-refractivity contribution in [3.8, 4) is 0 Å². The van der Waals surface area contributed by atoms with Gasteiger partial charge >= 0.3 is 0 Å². The maximum Gasteiger partial charge on any atom is 0.0899 e. The fraction of sp³-hybridized carbons (Fsp3) is 0.625. The fourth-order valence-corrected chi connectivity index (χ4v) is 3.01. The first-order valence-corrected chi connectivity index (χ1v) is 6.99. The van der Waals surface area contributed by atoms with Crippen LogP contribution in [0, 0.1) is 5.92 Å². The summed E-state index contributed by atoms with van der Waals surface area (Å²) in [6.07, 6.45) is 6.55. The van der Waals surface area contributed by atoms with E-state index < -0.39 is 5.60 Å². The highest BCUT2D eigenvalue weighted by Crippen LogP contribution is 2.43. The lowest BCUT2D eigenvalue weighted by Crippen LogP contribution is -2.21. The summed E-state index contributed by atoms with van der Waals surface area (Å²) in [4.78, 5) is 0. The zero-order valence-corrected chi connectivity index (χ0v) is 11.1. The lowest BCUT2D eigenvalue weighted by molar-refractivity contribution is 0.0398. The van der Waals surface area contributed by atoms with E-state index in [0.29, 0.717) is 5.92 Å². The van der Waals surface area contributed by atoms with Crippen molar-refractivity contribution in [2.45, 2.75) is 58.0 Å². The molecule has 1 fully saturated rings. The molecule has 1 aliphatic carbocycles. The van der Waals surface area contributed by atoms with Crippen molar-refractivity contribution in [3.05, 3.63) is 35.4 Å². The van der Waals surface area contributed by atoms with Crippen LogP contribution in [-0.4, -0.2) is 5.11 Å². The third kappa shape index (κ3) is 2.71. The Balaban J connectivity index is 2.11. The molecule has 0 heterocycles. The summed E-state index contributed by atoms with van der Waals surface area (Å²) in [5, 5.41) is 10.7. The Morgan fingerprint density at radius 3 is 2.47 bits per heavy atom. The smallest absolute Gasteiger partial charge is 0.0899 e. The number of benzene rings is 1. The molecule has 2 unspecified atom stereocenters. The Bertz CT molecular complexity index is 354. The van der Waals surface area contributed by atoms with Crippen molar-refractivity contribution in [2.24, 2.45) is 5.92 Å². The van der Waals surface area contributed by atoms with Gasteiger partial charge in [0.2, 0.25) is 0 Å². The molecular weight excluding hydrogens is 208 g/mol. The molecule has 17 heavy (non-hydrogen) atoms. The number of aryl methyl sites for hydroxylation is 1. The molecule has 0 bridgehead atoms. The summed E-state index contributed by atoms with van der Waals surface area (Å²) in [6.45, 7) is 4.42. The van der Waals surface area contributed by atoms with Crippen LogP contribution in [0.4, 0.5) is 0 Å². The van der Waals surface area contributed by atoms with Gasteiger partial charge in [-0.2, -0.15) is 0 Å². The van der Waals surface area contributed by atoms with E-state index in [0.717, 1.165) is 24.8 Å². The number of hydrogen-bond donors (Lipinski definition) is 1. The van der Waals surface area contributed by atoms with Crippen molar-refractivity contribution >= 4 is 0 Å². The predicted octanol–water partition coefficient (Wildman–Crippen LogP) is 4.04. The topological polar surface area (TPSA) is 20.2 Å². The molecule has 1 aromatic rings. The largest absolute Gasteiger partial charge is 0.385 e. The van der Waals surface area contributed by atoms with Gasteiger partial charge in [0.15, 0.2) is 0 Å². The minimum absolute atomic E-state index is 0.550. The van der Waals surface area contributed by atoms with Crippen LogP contribution >= 0.6 is 0 Å². The predicted molar refractivity (Wildman–Crippen MR) is 72.0 cm³/mol. The second kappa shape index (κ2) is 5.22. The van der Waals surface area contributed by atoms with Crippen molar-refractivity contribution in [2.75, 3.05) is 0 Å². The van der Waals surface area contributed by atoms with Gasteiger partial charge in [-0.1, -0.05) is 51.0 Å². The molecule has 2 atom stereocenters. The highest BCUT2D eigenvalue weighted by atomic mass is 16.3. The highest BCUT2D eigenvalue weighted by Gasteiger charge is 2.37. The number of aliphatic hydroxyl groups is 1. The number of hydrogen-bond acceptors (Lipinski definition) is 1. The molecule has 0 amide bonds. The van der Waals surface area contributed by atoms with Crippen molar-refractivity contribution in [3.63, 3.8) is 0 Å². The first-order chi connectivity index (χ1) is 8.18. The van der Waals surface area contributed by atoms with Gasteiger partial charge in [0, 0.05) is 0 Å². The van der Waals surface area contributed by atoms with Crippen LogP contribution in [0.15, 0.2) is 24.3 Å². The van der Waals surface area contributed by atoms with Crippen molar-refractivity contribution < 1.29 is 5.11 Å². The van der Waals surface area contributed by atoms with Crippen LogP contribution < -0.4 is 0 Å². The van der Waals surface area contributed by atoms with E-state index in [1.165, 1.54) is 24.8 Å². The van der Waals surface area contributed by atoms with E-state index >= 15 is 0 Å². The van der Waals surface area contributed by atoms with Gasteiger partial charge in [0.25, 0.3) is 0 Å². The van der Waals surface area contributed by atoms with E-state index in [1.54, 1.807) is 0 Å². The molecule has 0 saturated heterocycles. The molecule has 0 aliphatic heterocycles. The maximum absolute atomic E-state index is 10.7. The molecule has 2 rings (SSSR count). The van der Waals surface area contributed by atoms with Crippen LogP contribution in [0.2, 0.25) is 0 Å². The molecular formula is C16H24O. The van der Waals surface area contributed by atoms with Crippen molar-refractivity contribution in [1.82, 2.24) is 0 Å². The minimum atomic E-state index is -0.550. The Morgan fingerprint density at radius 1 is 1.24 bits per heavy atom. The second-order valence-electron chi connectivity index (χ2n) is 5.50. The normalized spacial score (nSPS) is 28.5. The van der Waals surface area contributed by atoms with E-state index in [9.17, 15) is 5.11 Å². The van der Waals surface area contributed by atoms with E-state index in [1.807, 2.05) is 0 Å². The molecule has 1 nitrogen and oxygen atoms in total. The summed E-state index contributed by atoms with van der Waals surface area (Å²) >= 11 is 0. The summed E-state index contributed by atoms with van der Waals surface area (Å²) < 4.78 is 0. The first-order valence-electron chi connectivity index (χ1n) is 6.99. The van der Waals surface area contributed by atoms with E-state index in [2.05, 4.69) is 38.1 Å². The molecule has 0 aromatic heterocycles. The Labute approximate surface area is 105 Å². The third-order valence-corrected chi connectivity index (χ3v) is 4.20.